The zero-order valence-corrected chi connectivity index (χ0v) is 11.4. The van der Waals surface area contributed by atoms with Crippen LogP contribution in [0, 0.1) is 0 Å². The van der Waals surface area contributed by atoms with Crippen LogP contribution in [0.3, 0.4) is 0 Å². The van der Waals surface area contributed by atoms with E-state index in [2.05, 4.69) is 15.9 Å². The quantitative estimate of drug-likeness (QED) is 0.929. The minimum Gasteiger partial charge on any atom is -0.342 e. The number of benzene rings is 1. The monoisotopic (exact) mass is 304 g/mol. The maximum atomic E-state index is 11.9. The molecule has 0 saturated carbocycles. The van der Waals surface area contributed by atoms with Gasteiger partial charge in [0.05, 0.1) is 5.02 Å². The molecule has 1 rings (SSSR count). The van der Waals surface area contributed by atoms with Crippen molar-refractivity contribution in [2.24, 2.45) is 5.73 Å². The average Bonchev–Trinajstić information content (AvgIpc) is 2.28. The predicted molar refractivity (Wildman–Crippen MR) is 69.8 cm³/mol. The van der Waals surface area contributed by atoms with Gasteiger partial charge in [0.25, 0.3) is 5.91 Å². The van der Waals surface area contributed by atoms with Crippen LogP contribution in [0.15, 0.2) is 22.7 Å². The Labute approximate surface area is 109 Å². The summed E-state index contributed by atoms with van der Waals surface area (Å²) in [7, 11) is 1.76. The predicted octanol–water partition coefficient (Wildman–Crippen LogP) is 2.52. The van der Waals surface area contributed by atoms with Gasteiger partial charge in [0.15, 0.2) is 0 Å². The van der Waals surface area contributed by atoms with Crippen molar-refractivity contribution in [3.05, 3.63) is 33.3 Å². The summed E-state index contributed by atoms with van der Waals surface area (Å²) < 4.78 is 0.787. The number of hydrogen-bond acceptors (Lipinski definition) is 2. The molecule has 0 unspecified atom stereocenters. The first kappa shape index (κ1) is 13.5. The Bertz CT molecular complexity index is 384. The second-order valence-electron chi connectivity index (χ2n) is 3.50. The van der Waals surface area contributed by atoms with Gasteiger partial charge >= 0.3 is 0 Å². The number of nitrogens with zero attached hydrogens (tertiary/aromatic N) is 1. The van der Waals surface area contributed by atoms with E-state index < -0.39 is 0 Å². The number of amides is 1. The van der Waals surface area contributed by atoms with E-state index in [0.717, 1.165) is 10.9 Å². The molecule has 0 saturated heterocycles. The Morgan fingerprint density at radius 2 is 2.25 bits per heavy atom. The van der Waals surface area contributed by atoms with Gasteiger partial charge in [-0.2, -0.15) is 0 Å². The molecule has 5 heteroatoms. The molecule has 1 aromatic carbocycles. The molecule has 1 amide bonds. The van der Waals surface area contributed by atoms with Gasteiger partial charge < -0.3 is 10.6 Å². The zero-order valence-electron chi connectivity index (χ0n) is 9.04. The third-order valence-corrected chi connectivity index (χ3v) is 3.44. The summed E-state index contributed by atoms with van der Waals surface area (Å²) in [5.41, 5.74) is 5.98. The third kappa shape index (κ3) is 3.47. The number of nitrogens with two attached hydrogens (primary N) is 1. The van der Waals surface area contributed by atoms with Gasteiger partial charge in [-0.3, -0.25) is 4.79 Å². The molecule has 0 heterocycles. The maximum absolute atomic E-state index is 11.9. The molecule has 0 aliphatic carbocycles. The van der Waals surface area contributed by atoms with Crippen molar-refractivity contribution in [2.75, 3.05) is 20.1 Å². The van der Waals surface area contributed by atoms with Gasteiger partial charge in [-0.05, 0) is 47.1 Å². The van der Waals surface area contributed by atoms with Crippen molar-refractivity contribution in [2.45, 2.75) is 6.42 Å². The first-order chi connectivity index (χ1) is 7.56. The second-order valence-corrected chi connectivity index (χ2v) is 4.76. The summed E-state index contributed by atoms with van der Waals surface area (Å²) in [6, 6.07) is 5.18. The third-order valence-electron chi connectivity index (χ3n) is 2.21. The Morgan fingerprint density at radius 1 is 1.56 bits per heavy atom. The Balaban J connectivity index is 2.76. The number of rotatable bonds is 4. The highest BCUT2D eigenvalue weighted by molar-refractivity contribution is 9.10. The number of hydrogen-bond donors (Lipinski definition) is 1. The summed E-state index contributed by atoms with van der Waals surface area (Å²) in [5, 5.41) is 0.540. The first-order valence-electron chi connectivity index (χ1n) is 4.97. The number of halogens is 2. The van der Waals surface area contributed by atoms with E-state index in [9.17, 15) is 4.79 Å². The summed E-state index contributed by atoms with van der Waals surface area (Å²) in [6.07, 6.45) is 0.798. The normalized spacial score (nSPS) is 10.2. The van der Waals surface area contributed by atoms with Crippen molar-refractivity contribution < 1.29 is 4.79 Å². The van der Waals surface area contributed by atoms with Crippen LogP contribution in [0.1, 0.15) is 16.8 Å². The Kier molecular flexibility index (Phi) is 5.25. The molecule has 2 N–H and O–H groups in total. The van der Waals surface area contributed by atoms with Gasteiger partial charge in [-0.1, -0.05) is 11.6 Å². The zero-order chi connectivity index (χ0) is 12.1. The number of carbonyl (C=O) groups excluding carboxylic acids is 1. The first-order valence-corrected chi connectivity index (χ1v) is 6.14. The molecule has 0 fully saturated rings. The van der Waals surface area contributed by atoms with Crippen LogP contribution in [-0.4, -0.2) is 30.9 Å². The van der Waals surface area contributed by atoms with Gasteiger partial charge in [-0.15, -0.1) is 0 Å². The van der Waals surface area contributed by atoms with E-state index in [-0.39, 0.29) is 5.91 Å². The number of carbonyl (C=O) groups is 1. The van der Waals surface area contributed by atoms with Gasteiger partial charge in [0.2, 0.25) is 0 Å². The molecular weight excluding hydrogens is 291 g/mol. The van der Waals surface area contributed by atoms with E-state index in [1.807, 2.05) is 0 Å². The molecule has 0 spiro atoms. The molecule has 0 bridgehead atoms. The Hall–Kier alpha value is -0.580. The molecular formula is C11H14BrClN2O. The maximum Gasteiger partial charge on any atom is 0.253 e. The SMILES string of the molecule is CN(CCCN)C(=O)c1ccc(Br)c(Cl)c1. The highest BCUT2D eigenvalue weighted by Crippen LogP contribution is 2.23. The summed E-state index contributed by atoms with van der Waals surface area (Å²) >= 11 is 9.21. The highest BCUT2D eigenvalue weighted by atomic mass is 79.9. The molecule has 0 radical (unpaired) electrons. The standard InChI is InChI=1S/C11H14BrClN2O/c1-15(6-2-5-14)11(16)8-3-4-9(12)10(13)7-8/h3-4,7H,2,5-6,14H2,1H3. The summed E-state index contributed by atoms with van der Waals surface area (Å²) in [6.45, 7) is 1.24. The minimum atomic E-state index is -0.0390. The van der Waals surface area contributed by atoms with Gasteiger partial charge in [0.1, 0.15) is 0 Å². The van der Waals surface area contributed by atoms with E-state index in [4.69, 9.17) is 17.3 Å². The summed E-state index contributed by atoms with van der Waals surface area (Å²) in [5.74, 6) is -0.0390. The van der Waals surface area contributed by atoms with Crippen LogP contribution >= 0.6 is 27.5 Å². The smallest absolute Gasteiger partial charge is 0.253 e. The van der Waals surface area contributed by atoms with Crippen LogP contribution in [-0.2, 0) is 0 Å². The van der Waals surface area contributed by atoms with Crippen molar-refractivity contribution in [1.82, 2.24) is 4.90 Å². The van der Waals surface area contributed by atoms with Crippen molar-refractivity contribution in [3.8, 4) is 0 Å². The molecule has 1 aromatic rings. The second kappa shape index (κ2) is 6.23. The fourth-order valence-electron chi connectivity index (χ4n) is 1.28. The fourth-order valence-corrected chi connectivity index (χ4v) is 1.71. The van der Waals surface area contributed by atoms with Crippen LogP contribution in [0.5, 0.6) is 0 Å². The van der Waals surface area contributed by atoms with E-state index in [1.165, 1.54) is 0 Å². The minimum absolute atomic E-state index is 0.0390. The lowest BCUT2D eigenvalue weighted by Crippen LogP contribution is -2.28. The molecule has 88 valence electrons. The molecule has 0 aromatic heterocycles. The van der Waals surface area contributed by atoms with Crippen LogP contribution < -0.4 is 5.73 Å². The van der Waals surface area contributed by atoms with E-state index in [0.29, 0.717) is 23.7 Å². The Morgan fingerprint density at radius 3 is 2.81 bits per heavy atom. The lowest BCUT2D eigenvalue weighted by molar-refractivity contribution is 0.0794. The largest absolute Gasteiger partial charge is 0.342 e. The van der Waals surface area contributed by atoms with Crippen LogP contribution in [0.2, 0.25) is 5.02 Å². The fraction of sp³-hybridized carbons (Fsp3) is 0.364. The van der Waals surface area contributed by atoms with Gasteiger partial charge in [-0.25, -0.2) is 0 Å². The average molecular weight is 306 g/mol. The van der Waals surface area contributed by atoms with Crippen LogP contribution in [0.4, 0.5) is 0 Å². The molecule has 0 aliphatic heterocycles. The van der Waals surface area contributed by atoms with Crippen molar-refractivity contribution >= 4 is 33.4 Å². The molecule has 3 nitrogen and oxygen atoms in total. The lowest BCUT2D eigenvalue weighted by atomic mass is 10.2. The molecule has 16 heavy (non-hydrogen) atoms. The van der Waals surface area contributed by atoms with Gasteiger partial charge in [0, 0.05) is 23.6 Å². The van der Waals surface area contributed by atoms with E-state index >= 15 is 0 Å². The highest BCUT2D eigenvalue weighted by Gasteiger charge is 2.12. The topological polar surface area (TPSA) is 46.3 Å². The van der Waals surface area contributed by atoms with Crippen molar-refractivity contribution in [3.63, 3.8) is 0 Å². The molecule has 0 aliphatic rings. The summed E-state index contributed by atoms with van der Waals surface area (Å²) in [4.78, 5) is 13.6. The van der Waals surface area contributed by atoms with Crippen LogP contribution in [0.25, 0.3) is 0 Å². The van der Waals surface area contributed by atoms with Crippen molar-refractivity contribution in [1.29, 1.82) is 0 Å². The lowest BCUT2D eigenvalue weighted by Gasteiger charge is -2.16. The molecule has 0 atom stereocenters. The van der Waals surface area contributed by atoms with E-state index in [1.54, 1.807) is 30.1 Å².